The van der Waals surface area contributed by atoms with Crippen molar-refractivity contribution < 1.29 is 4.42 Å². The second kappa shape index (κ2) is 5.64. The molecule has 96 valence electrons. The molecule has 0 spiro atoms. The van der Waals surface area contributed by atoms with Crippen LogP contribution >= 0.6 is 0 Å². The SMILES string of the molecule is CC(C)CNCc1cnc(-c2ccoc2)[nH]c1=O. The number of furan rings is 1. The fourth-order valence-corrected chi connectivity index (χ4v) is 1.59. The molecule has 0 bridgehead atoms. The van der Waals surface area contributed by atoms with Crippen LogP contribution in [0.3, 0.4) is 0 Å². The van der Waals surface area contributed by atoms with Gasteiger partial charge in [0, 0.05) is 18.3 Å². The number of H-pyrrole nitrogens is 1. The number of rotatable bonds is 5. The van der Waals surface area contributed by atoms with Crippen LogP contribution in [0.2, 0.25) is 0 Å². The molecule has 0 unspecified atom stereocenters. The van der Waals surface area contributed by atoms with Gasteiger partial charge in [0.1, 0.15) is 12.1 Å². The Morgan fingerprint density at radius 2 is 2.33 bits per heavy atom. The van der Waals surface area contributed by atoms with Gasteiger partial charge in [0.15, 0.2) is 0 Å². The van der Waals surface area contributed by atoms with Crippen molar-refractivity contribution >= 4 is 0 Å². The van der Waals surface area contributed by atoms with E-state index in [0.717, 1.165) is 12.1 Å². The number of aromatic nitrogens is 2. The average Bonchev–Trinajstić information content (AvgIpc) is 2.84. The third-order valence-corrected chi connectivity index (χ3v) is 2.54. The minimum Gasteiger partial charge on any atom is -0.472 e. The summed E-state index contributed by atoms with van der Waals surface area (Å²) in [5, 5.41) is 3.22. The molecule has 2 heterocycles. The van der Waals surface area contributed by atoms with Crippen molar-refractivity contribution in [2.24, 2.45) is 5.92 Å². The van der Waals surface area contributed by atoms with Crippen LogP contribution in [0.1, 0.15) is 19.4 Å². The van der Waals surface area contributed by atoms with E-state index in [1.807, 2.05) is 0 Å². The Labute approximate surface area is 105 Å². The minimum atomic E-state index is -0.113. The first-order chi connectivity index (χ1) is 8.66. The molecule has 0 fully saturated rings. The summed E-state index contributed by atoms with van der Waals surface area (Å²) in [6, 6.07) is 1.76. The first kappa shape index (κ1) is 12.6. The molecule has 0 radical (unpaired) electrons. The van der Waals surface area contributed by atoms with Gasteiger partial charge in [-0.25, -0.2) is 4.98 Å². The van der Waals surface area contributed by atoms with Gasteiger partial charge in [-0.1, -0.05) is 13.8 Å². The molecule has 0 saturated carbocycles. The maximum atomic E-state index is 11.8. The Hall–Kier alpha value is -1.88. The largest absolute Gasteiger partial charge is 0.472 e. The zero-order valence-corrected chi connectivity index (χ0v) is 10.6. The van der Waals surface area contributed by atoms with Crippen LogP contribution in [-0.4, -0.2) is 16.5 Å². The molecule has 2 aromatic heterocycles. The smallest absolute Gasteiger partial charge is 0.255 e. The molecule has 2 aromatic rings. The fourth-order valence-electron chi connectivity index (χ4n) is 1.59. The molecule has 0 amide bonds. The van der Waals surface area contributed by atoms with Crippen LogP contribution in [0, 0.1) is 5.92 Å². The van der Waals surface area contributed by atoms with E-state index in [1.54, 1.807) is 24.8 Å². The summed E-state index contributed by atoms with van der Waals surface area (Å²) in [5.74, 6) is 1.09. The van der Waals surface area contributed by atoms with E-state index in [2.05, 4.69) is 29.1 Å². The topological polar surface area (TPSA) is 70.9 Å². The number of nitrogens with zero attached hydrogens (tertiary/aromatic N) is 1. The minimum absolute atomic E-state index is 0.113. The van der Waals surface area contributed by atoms with Gasteiger partial charge < -0.3 is 14.7 Å². The molecule has 5 heteroatoms. The van der Waals surface area contributed by atoms with Crippen molar-refractivity contribution in [1.82, 2.24) is 15.3 Å². The van der Waals surface area contributed by atoms with Gasteiger partial charge in [-0.3, -0.25) is 4.79 Å². The standard InChI is InChI=1S/C13H17N3O2/c1-9(2)5-14-6-11-7-15-12(16-13(11)17)10-3-4-18-8-10/h3-4,7-9,14H,5-6H2,1-2H3,(H,15,16,17). The highest BCUT2D eigenvalue weighted by Crippen LogP contribution is 2.12. The molecule has 0 aromatic carbocycles. The van der Waals surface area contributed by atoms with Gasteiger partial charge in [0.05, 0.1) is 11.8 Å². The molecule has 0 saturated heterocycles. The Bertz CT molecular complexity index is 544. The van der Waals surface area contributed by atoms with E-state index < -0.39 is 0 Å². The summed E-state index contributed by atoms with van der Waals surface area (Å²) in [6.07, 6.45) is 4.71. The maximum Gasteiger partial charge on any atom is 0.255 e. The number of hydrogen-bond donors (Lipinski definition) is 2. The monoisotopic (exact) mass is 247 g/mol. The fraction of sp³-hybridized carbons (Fsp3) is 0.385. The lowest BCUT2D eigenvalue weighted by Crippen LogP contribution is -2.24. The normalized spacial score (nSPS) is 11.1. The molecule has 0 aliphatic heterocycles. The van der Waals surface area contributed by atoms with Crippen LogP contribution in [0.25, 0.3) is 11.4 Å². The zero-order chi connectivity index (χ0) is 13.0. The number of aromatic amines is 1. The van der Waals surface area contributed by atoms with Gasteiger partial charge >= 0.3 is 0 Å². The first-order valence-electron chi connectivity index (χ1n) is 5.98. The van der Waals surface area contributed by atoms with Gasteiger partial charge in [0.2, 0.25) is 0 Å². The quantitative estimate of drug-likeness (QED) is 0.844. The second-order valence-electron chi connectivity index (χ2n) is 4.62. The molecule has 18 heavy (non-hydrogen) atoms. The highest BCUT2D eigenvalue weighted by atomic mass is 16.3. The Kier molecular flexibility index (Phi) is 3.94. The molecular formula is C13H17N3O2. The van der Waals surface area contributed by atoms with E-state index in [-0.39, 0.29) is 5.56 Å². The predicted octanol–water partition coefficient (Wildman–Crippen LogP) is 1.78. The predicted molar refractivity (Wildman–Crippen MR) is 69.1 cm³/mol. The van der Waals surface area contributed by atoms with Crippen LogP contribution in [-0.2, 0) is 6.54 Å². The highest BCUT2D eigenvalue weighted by Gasteiger charge is 2.05. The van der Waals surface area contributed by atoms with Crippen molar-refractivity contribution in [3.05, 3.63) is 40.7 Å². The first-order valence-corrected chi connectivity index (χ1v) is 5.98. The molecule has 5 nitrogen and oxygen atoms in total. The molecule has 2 rings (SSSR count). The summed E-state index contributed by atoms with van der Waals surface area (Å²) < 4.78 is 4.96. The van der Waals surface area contributed by atoms with Crippen LogP contribution < -0.4 is 10.9 Å². The Morgan fingerprint density at radius 3 is 2.94 bits per heavy atom. The molecule has 2 N–H and O–H groups in total. The summed E-state index contributed by atoms with van der Waals surface area (Å²) >= 11 is 0. The average molecular weight is 247 g/mol. The van der Waals surface area contributed by atoms with E-state index in [9.17, 15) is 4.79 Å². The van der Waals surface area contributed by atoms with Crippen molar-refractivity contribution in [1.29, 1.82) is 0 Å². The summed E-state index contributed by atoms with van der Waals surface area (Å²) in [5.41, 5.74) is 1.30. The zero-order valence-electron chi connectivity index (χ0n) is 10.6. The van der Waals surface area contributed by atoms with Crippen molar-refractivity contribution in [3.63, 3.8) is 0 Å². The summed E-state index contributed by atoms with van der Waals surface area (Å²) in [7, 11) is 0. The van der Waals surface area contributed by atoms with E-state index in [4.69, 9.17) is 4.42 Å². The molecule has 0 aliphatic carbocycles. The van der Waals surface area contributed by atoms with E-state index >= 15 is 0 Å². The molecule has 0 aliphatic rings. The van der Waals surface area contributed by atoms with Crippen LogP contribution in [0.15, 0.2) is 34.0 Å². The van der Waals surface area contributed by atoms with Crippen molar-refractivity contribution in [3.8, 4) is 11.4 Å². The van der Waals surface area contributed by atoms with Crippen molar-refractivity contribution in [2.75, 3.05) is 6.54 Å². The Balaban J connectivity index is 2.09. The van der Waals surface area contributed by atoms with Crippen molar-refractivity contribution in [2.45, 2.75) is 20.4 Å². The maximum absolute atomic E-state index is 11.8. The van der Waals surface area contributed by atoms with Gasteiger partial charge in [0.25, 0.3) is 5.56 Å². The Morgan fingerprint density at radius 1 is 1.50 bits per heavy atom. The molecular weight excluding hydrogens is 230 g/mol. The number of nitrogens with one attached hydrogen (secondary N) is 2. The van der Waals surface area contributed by atoms with Gasteiger partial charge in [-0.15, -0.1) is 0 Å². The third-order valence-electron chi connectivity index (χ3n) is 2.54. The van der Waals surface area contributed by atoms with E-state index in [1.165, 1.54) is 0 Å². The number of hydrogen-bond acceptors (Lipinski definition) is 4. The lowest BCUT2D eigenvalue weighted by Gasteiger charge is -2.06. The van der Waals surface area contributed by atoms with Gasteiger partial charge in [-0.05, 0) is 18.5 Å². The lowest BCUT2D eigenvalue weighted by molar-refractivity contribution is 0.550. The lowest BCUT2D eigenvalue weighted by atomic mass is 10.2. The summed E-state index contributed by atoms with van der Waals surface area (Å²) in [4.78, 5) is 18.8. The summed E-state index contributed by atoms with van der Waals surface area (Å²) in [6.45, 7) is 5.66. The van der Waals surface area contributed by atoms with E-state index in [0.29, 0.717) is 23.9 Å². The van der Waals surface area contributed by atoms with Crippen LogP contribution in [0.5, 0.6) is 0 Å². The molecule has 0 atom stereocenters. The van der Waals surface area contributed by atoms with Crippen LogP contribution in [0.4, 0.5) is 0 Å². The third kappa shape index (κ3) is 3.07. The van der Waals surface area contributed by atoms with Gasteiger partial charge in [-0.2, -0.15) is 0 Å². The second-order valence-corrected chi connectivity index (χ2v) is 4.62. The highest BCUT2D eigenvalue weighted by molar-refractivity contribution is 5.51.